The molecule has 2 aliphatic rings. The monoisotopic (exact) mass is 466 g/mol. The maximum Gasteiger partial charge on any atom is 0.307 e. The summed E-state index contributed by atoms with van der Waals surface area (Å²) in [6, 6.07) is 8.24. The van der Waals surface area contributed by atoms with Crippen LogP contribution < -0.4 is 5.32 Å². The first-order chi connectivity index (χ1) is 15.3. The van der Waals surface area contributed by atoms with Crippen LogP contribution in [0.5, 0.6) is 0 Å². The van der Waals surface area contributed by atoms with Gasteiger partial charge in [-0.3, -0.25) is 14.5 Å². The topological polar surface area (TPSA) is 58.6 Å². The molecule has 1 N–H and O–H groups in total. The van der Waals surface area contributed by atoms with Crippen molar-refractivity contribution in [3.05, 3.63) is 70.0 Å². The Labute approximate surface area is 188 Å². The predicted octanol–water partition coefficient (Wildman–Crippen LogP) is 4.14. The number of likely N-dealkylation sites (tertiary alicyclic amines) is 1. The van der Waals surface area contributed by atoms with E-state index in [9.17, 15) is 22.8 Å². The lowest BCUT2D eigenvalue weighted by Gasteiger charge is -2.33. The highest BCUT2D eigenvalue weighted by atomic mass is 35.5. The molecule has 32 heavy (non-hydrogen) atoms. The Morgan fingerprint density at radius 2 is 1.81 bits per heavy atom. The van der Waals surface area contributed by atoms with Gasteiger partial charge in [0.25, 0.3) is 0 Å². The molecule has 0 aliphatic carbocycles. The molecule has 2 saturated heterocycles. The van der Waals surface area contributed by atoms with Crippen molar-refractivity contribution in [2.75, 3.05) is 13.1 Å². The number of carbonyl (C=O) groups is 2. The van der Waals surface area contributed by atoms with Gasteiger partial charge in [0, 0.05) is 42.3 Å². The maximum atomic E-state index is 13.9. The predicted molar refractivity (Wildman–Crippen MR) is 111 cm³/mol. The molecule has 2 fully saturated rings. The van der Waals surface area contributed by atoms with E-state index in [1.54, 1.807) is 24.3 Å². The second-order valence-electron chi connectivity index (χ2n) is 8.19. The summed E-state index contributed by atoms with van der Waals surface area (Å²) in [7, 11) is 0. The van der Waals surface area contributed by atoms with E-state index in [1.165, 1.54) is 0 Å². The molecule has 0 spiro atoms. The number of rotatable bonds is 5. The number of piperidine rings is 1. The third-order valence-electron chi connectivity index (χ3n) is 5.94. The van der Waals surface area contributed by atoms with Crippen LogP contribution in [0.1, 0.15) is 36.5 Å². The summed E-state index contributed by atoms with van der Waals surface area (Å²) in [6.45, 7) is 1.15. The Balaban J connectivity index is 1.33. The summed E-state index contributed by atoms with van der Waals surface area (Å²) >= 11 is 5.91. The molecular formula is C23H22ClF3N2O3. The molecule has 0 unspecified atom stereocenters. The van der Waals surface area contributed by atoms with Crippen LogP contribution in [0.4, 0.5) is 13.2 Å². The van der Waals surface area contributed by atoms with Gasteiger partial charge in [0.05, 0.1) is 12.3 Å². The summed E-state index contributed by atoms with van der Waals surface area (Å²) in [6.07, 6.45) is 0.532. The molecule has 0 radical (unpaired) electrons. The number of hydrogen-bond donors (Lipinski definition) is 1. The number of nitrogens with one attached hydrogen (secondary N) is 1. The van der Waals surface area contributed by atoms with Gasteiger partial charge >= 0.3 is 5.97 Å². The summed E-state index contributed by atoms with van der Waals surface area (Å²) in [5.74, 6) is -4.38. The van der Waals surface area contributed by atoms with Crippen LogP contribution in [-0.4, -0.2) is 35.9 Å². The Kier molecular flexibility index (Phi) is 6.71. The summed E-state index contributed by atoms with van der Waals surface area (Å²) in [5.41, 5.74) is 0.678. The fourth-order valence-electron chi connectivity index (χ4n) is 4.25. The molecule has 9 heteroatoms. The molecule has 0 saturated carbocycles. The van der Waals surface area contributed by atoms with Gasteiger partial charge in [0.15, 0.2) is 11.6 Å². The standard InChI is InChI=1S/C23H22ClF3N2O3/c24-15-3-1-13(2-4-15)22-18(11-20(30)32-22)23(31)28-17-5-7-29(8-6-17)12-14-9-16(25)10-19(26)21(14)27/h1-4,9-10,17-18,22H,5-8,11-12H2,(H,28,31)/t18-,22+/m1/s1. The van der Waals surface area contributed by atoms with Crippen molar-refractivity contribution in [1.29, 1.82) is 0 Å². The van der Waals surface area contributed by atoms with Crippen molar-refractivity contribution in [2.24, 2.45) is 5.92 Å². The highest BCUT2D eigenvalue weighted by Gasteiger charge is 2.41. The van der Waals surface area contributed by atoms with Crippen molar-refractivity contribution in [3.8, 4) is 0 Å². The normalized spacial score (nSPS) is 22.1. The number of esters is 1. The van der Waals surface area contributed by atoms with Gasteiger partial charge < -0.3 is 10.1 Å². The number of amides is 1. The van der Waals surface area contributed by atoms with E-state index in [0.29, 0.717) is 42.6 Å². The SMILES string of the molecule is O=C1C[C@@H](C(=O)NC2CCN(Cc3cc(F)cc(F)c3F)CC2)[C@H](c2ccc(Cl)cc2)O1. The van der Waals surface area contributed by atoms with Crippen molar-refractivity contribution >= 4 is 23.5 Å². The second kappa shape index (κ2) is 9.50. The van der Waals surface area contributed by atoms with Gasteiger partial charge in [-0.2, -0.15) is 0 Å². The zero-order valence-electron chi connectivity index (χ0n) is 17.1. The molecule has 170 valence electrons. The number of ether oxygens (including phenoxy) is 1. The molecule has 2 aliphatic heterocycles. The van der Waals surface area contributed by atoms with E-state index < -0.39 is 35.4 Å². The van der Waals surface area contributed by atoms with Gasteiger partial charge in [-0.25, -0.2) is 13.2 Å². The minimum atomic E-state index is -1.20. The molecule has 5 nitrogen and oxygen atoms in total. The molecule has 0 aromatic heterocycles. The summed E-state index contributed by atoms with van der Waals surface area (Å²) < 4.78 is 46.1. The highest BCUT2D eigenvalue weighted by molar-refractivity contribution is 6.30. The fourth-order valence-corrected chi connectivity index (χ4v) is 4.38. The summed E-state index contributed by atoms with van der Waals surface area (Å²) in [5, 5.41) is 3.54. The van der Waals surface area contributed by atoms with E-state index in [-0.39, 0.29) is 30.5 Å². The molecule has 1 amide bonds. The maximum absolute atomic E-state index is 13.9. The molecule has 2 aromatic rings. The van der Waals surface area contributed by atoms with E-state index in [2.05, 4.69) is 5.32 Å². The molecule has 0 bridgehead atoms. The van der Waals surface area contributed by atoms with Gasteiger partial charge in [0.2, 0.25) is 5.91 Å². The number of carbonyl (C=O) groups excluding carboxylic acids is 2. The average Bonchev–Trinajstić information content (AvgIpc) is 3.15. The van der Waals surface area contributed by atoms with Gasteiger partial charge in [-0.15, -0.1) is 0 Å². The Morgan fingerprint density at radius 3 is 2.50 bits per heavy atom. The first-order valence-electron chi connectivity index (χ1n) is 10.4. The number of halogens is 4. The third kappa shape index (κ3) is 5.07. The smallest absolute Gasteiger partial charge is 0.307 e. The van der Waals surface area contributed by atoms with Gasteiger partial charge in [-0.05, 0) is 36.6 Å². The van der Waals surface area contributed by atoms with Crippen LogP contribution in [0, 0.1) is 23.4 Å². The largest absolute Gasteiger partial charge is 0.457 e. The number of nitrogens with zero attached hydrogens (tertiary/aromatic N) is 1. The van der Waals surface area contributed by atoms with E-state index in [4.69, 9.17) is 16.3 Å². The van der Waals surface area contributed by atoms with Crippen LogP contribution in [0.3, 0.4) is 0 Å². The Bertz CT molecular complexity index is 1010. The van der Waals surface area contributed by atoms with Crippen molar-refractivity contribution in [1.82, 2.24) is 10.2 Å². The number of hydrogen-bond acceptors (Lipinski definition) is 4. The minimum absolute atomic E-state index is 0.00236. The Hall–Kier alpha value is -2.58. The first-order valence-corrected chi connectivity index (χ1v) is 10.8. The quantitative estimate of drug-likeness (QED) is 0.531. The zero-order valence-corrected chi connectivity index (χ0v) is 17.9. The first kappa shape index (κ1) is 22.6. The van der Waals surface area contributed by atoms with Gasteiger partial charge in [-0.1, -0.05) is 23.7 Å². The van der Waals surface area contributed by atoms with E-state index in [0.717, 1.165) is 6.07 Å². The van der Waals surface area contributed by atoms with Gasteiger partial charge in [0.1, 0.15) is 11.9 Å². The van der Waals surface area contributed by atoms with E-state index in [1.807, 2.05) is 4.90 Å². The van der Waals surface area contributed by atoms with Crippen LogP contribution in [0.2, 0.25) is 5.02 Å². The van der Waals surface area contributed by atoms with Crippen molar-refractivity contribution in [3.63, 3.8) is 0 Å². The van der Waals surface area contributed by atoms with Crippen molar-refractivity contribution < 1.29 is 27.5 Å². The Morgan fingerprint density at radius 1 is 1.12 bits per heavy atom. The lowest BCUT2D eigenvalue weighted by Crippen LogP contribution is -2.46. The lowest BCUT2D eigenvalue weighted by atomic mass is 9.93. The van der Waals surface area contributed by atoms with Crippen LogP contribution in [-0.2, 0) is 20.9 Å². The molecule has 2 heterocycles. The fraction of sp³-hybridized carbons (Fsp3) is 0.391. The van der Waals surface area contributed by atoms with Crippen LogP contribution in [0.15, 0.2) is 36.4 Å². The highest BCUT2D eigenvalue weighted by Crippen LogP contribution is 2.36. The zero-order chi connectivity index (χ0) is 22.8. The second-order valence-corrected chi connectivity index (χ2v) is 8.63. The van der Waals surface area contributed by atoms with Crippen LogP contribution >= 0.6 is 11.6 Å². The number of cyclic esters (lactones) is 1. The number of benzene rings is 2. The average molecular weight is 467 g/mol. The molecule has 2 aromatic carbocycles. The molecular weight excluding hydrogens is 445 g/mol. The summed E-state index contributed by atoms with van der Waals surface area (Å²) in [4.78, 5) is 26.6. The molecule has 2 atom stereocenters. The lowest BCUT2D eigenvalue weighted by molar-refractivity contribution is -0.141. The third-order valence-corrected chi connectivity index (χ3v) is 6.19. The minimum Gasteiger partial charge on any atom is -0.457 e. The van der Waals surface area contributed by atoms with E-state index >= 15 is 0 Å². The molecule has 4 rings (SSSR count). The van der Waals surface area contributed by atoms with Crippen LogP contribution in [0.25, 0.3) is 0 Å². The van der Waals surface area contributed by atoms with Crippen molar-refractivity contribution in [2.45, 2.75) is 38.0 Å².